The Labute approximate surface area is 204 Å². The number of pyridine rings is 1. The van der Waals surface area contributed by atoms with Crippen molar-refractivity contribution in [2.75, 3.05) is 29.6 Å². The lowest BCUT2D eigenvalue weighted by atomic mass is 10.1. The molecule has 178 valence electrons. The van der Waals surface area contributed by atoms with Gasteiger partial charge in [-0.1, -0.05) is 23.7 Å². The molecule has 0 bridgehead atoms. The van der Waals surface area contributed by atoms with Gasteiger partial charge in [0.05, 0.1) is 29.2 Å². The molecule has 4 rings (SSSR count). The summed E-state index contributed by atoms with van der Waals surface area (Å²) in [5.74, 6) is -1.04. The van der Waals surface area contributed by atoms with Crippen LogP contribution in [0.3, 0.4) is 0 Å². The van der Waals surface area contributed by atoms with Crippen LogP contribution >= 0.6 is 11.6 Å². The summed E-state index contributed by atoms with van der Waals surface area (Å²) in [6.07, 6.45) is 1.43. The normalized spacial score (nSPS) is 10.7. The van der Waals surface area contributed by atoms with Gasteiger partial charge in [-0.3, -0.25) is 14.4 Å². The van der Waals surface area contributed by atoms with Gasteiger partial charge >= 0.3 is 6.01 Å². The Morgan fingerprint density at radius 3 is 2.69 bits per heavy atom. The Balaban J connectivity index is 1.64. The number of hydrogen-bond donors (Lipinski definition) is 3. The molecule has 10 nitrogen and oxygen atoms in total. The molecule has 0 saturated heterocycles. The average Bonchev–Trinajstić information content (AvgIpc) is 2.85. The number of H-pyrrole nitrogens is 1. The fraction of sp³-hybridized carbons (Fsp3) is 0.125. The molecule has 0 atom stereocenters. The van der Waals surface area contributed by atoms with Gasteiger partial charge in [0.2, 0.25) is 0 Å². The number of aromatic amines is 1. The first-order chi connectivity index (χ1) is 16.8. The van der Waals surface area contributed by atoms with Gasteiger partial charge < -0.3 is 25.7 Å². The van der Waals surface area contributed by atoms with Crippen LogP contribution in [0.4, 0.5) is 17.1 Å². The molecule has 0 saturated carbocycles. The Morgan fingerprint density at radius 2 is 1.97 bits per heavy atom. The fourth-order valence-corrected chi connectivity index (χ4v) is 3.66. The van der Waals surface area contributed by atoms with E-state index in [0.29, 0.717) is 23.3 Å². The van der Waals surface area contributed by atoms with Crippen molar-refractivity contribution < 1.29 is 14.3 Å². The quantitative estimate of drug-likeness (QED) is 0.349. The maximum absolute atomic E-state index is 13.2. The van der Waals surface area contributed by atoms with Gasteiger partial charge in [0.25, 0.3) is 17.4 Å². The van der Waals surface area contributed by atoms with E-state index in [0.717, 1.165) is 0 Å². The number of benzene rings is 2. The maximum atomic E-state index is 13.2. The van der Waals surface area contributed by atoms with Crippen molar-refractivity contribution in [3.05, 3.63) is 81.2 Å². The zero-order valence-corrected chi connectivity index (χ0v) is 19.6. The van der Waals surface area contributed by atoms with Crippen molar-refractivity contribution in [2.45, 2.75) is 6.92 Å². The topological polar surface area (TPSA) is 143 Å². The van der Waals surface area contributed by atoms with Crippen LogP contribution < -0.4 is 26.2 Å². The number of methoxy groups -OCH3 is 1. The standard InChI is InChI=1S/C24H21ClN6O4/c1-3-31(19-7-5-4-6-17(19)26)23(34)13-8-9-16(25)18(11-13)28-21(32)15-10-14-12-27-24(35-2)30-20(14)29-22(15)33/h4-12H,3,26H2,1-2H3,(H,28,32)(H,27,29,30,33). The first-order valence-electron chi connectivity index (χ1n) is 10.5. The average molecular weight is 493 g/mol. The van der Waals surface area contributed by atoms with Gasteiger partial charge in [-0.2, -0.15) is 4.98 Å². The van der Waals surface area contributed by atoms with E-state index in [1.54, 1.807) is 30.3 Å². The number of nitrogens with zero attached hydrogens (tertiary/aromatic N) is 3. The molecule has 4 aromatic rings. The van der Waals surface area contributed by atoms with Crippen molar-refractivity contribution in [1.82, 2.24) is 15.0 Å². The lowest BCUT2D eigenvalue weighted by molar-refractivity contribution is 0.0985. The highest BCUT2D eigenvalue weighted by Crippen LogP contribution is 2.28. The van der Waals surface area contributed by atoms with Gasteiger partial charge in [-0.25, -0.2) is 4.98 Å². The van der Waals surface area contributed by atoms with E-state index in [9.17, 15) is 14.4 Å². The first-order valence-corrected chi connectivity index (χ1v) is 10.9. The summed E-state index contributed by atoms with van der Waals surface area (Å²) in [7, 11) is 1.40. The van der Waals surface area contributed by atoms with Gasteiger partial charge in [0, 0.05) is 23.7 Å². The van der Waals surface area contributed by atoms with E-state index < -0.39 is 11.5 Å². The molecule has 0 aliphatic carbocycles. The number of fused-ring (bicyclic) bond motifs is 1. The van der Waals surface area contributed by atoms with E-state index in [4.69, 9.17) is 22.1 Å². The van der Waals surface area contributed by atoms with Gasteiger partial charge in [0.1, 0.15) is 11.2 Å². The summed E-state index contributed by atoms with van der Waals surface area (Å²) in [5.41, 5.74) is 6.92. The zero-order valence-electron chi connectivity index (χ0n) is 18.8. The van der Waals surface area contributed by atoms with Crippen molar-refractivity contribution in [3.8, 4) is 6.01 Å². The van der Waals surface area contributed by atoms with E-state index in [2.05, 4.69) is 20.3 Å². The summed E-state index contributed by atoms with van der Waals surface area (Å²) in [6, 6.07) is 13.0. The molecule has 0 fully saturated rings. The number of aromatic nitrogens is 3. The SMILES string of the molecule is CCN(C(=O)c1ccc(Cl)c(NC(=O)c2cc3cnc(OC)nc3[nH]c2=O)c1)c1ccccc1N. The Kier molecular flexibility index (Phi) is 6.65. The van der Waals surface area contributed by atoms with Crippen LogP contribution in [-0.4, -0.2) is 40.4 Å². The summed E-state index contributed by atoms with van der Waals surface area (Å²) in [4.78, 5) is 50.8. The van der Waals surface area contributed by atoms with Gasteiger partial charge in [-0.15, -0.1) is 0 Å². The Hall–Kier alpha value is -4.44. The maximum Gasteiger partial charge on any atom is 0.318 e. The number of nitrogens with two attached hydrogens (primary N) is 1. The number of nitrogen functional groups attached to an aromatic ring is 1. The second kappa shape index (κ2) is 9.82. The zero-order chi connectivity index (χ0) is 25.1. The second-order valence-electron chi connectivity index (χ2n) is 7.43. The monoisotopic (exact) mass is 492 g/mol. The first kappa shape index (κ1) is 23.7. The predicted molar refractivity (Wildman–Crippen MR) is 134 cm³/mol. The van der Waals surface area contributed by atoms with E-state index >= 15 is 0 Å². The molecule has 2 heterocycles. The number of rotatable bonds is 6. The van der Waals surface area contributed by atoms with Crippen LogP contribution in [0.1, 0.15) is 27.6 Å². The molecule has 2 amide bonds. The highest BCUT2D eigenvalue weighted by Gasteiger charge is 2.20. The Morgan fingerprint density at radius 1 is 1.20 bits per heavy atom. The van der Waals surface area contributed by atoms with Crippen LogP contribution in [0.15, 0.2) is 59.5 Å². The lowest BCUT2D eigenvalue weighted by Crippen LogP contribution is -2.31. The number of ether oxygens (including phenoxy) is 1. The molecule has 0 unspecified atom stereocenters. The smallest absolute Gasteiger partial charge is 0.318 e. The molecule has 0 radical (unpaired) electrons. The third-order valence-electron chi connectivity index (χ3n) is 5.25. The van der Waals surface area contributed by atoms with Crippen LogP contribution in [0.25, 0.3) is 11.0 Å². The highest BCUT2D eigenvalue weighted by atomic mass is 35.5. The third kappa shape index (κ3) is 4.78. The lowest BCUT2D eigenvalue weighted by Gasteiger charge is -2.23. The molecule has 2 aromatic heterocycles. The molecular formula is C24H21ClN6O4. The highest BCUT2D eigenvalue weighted by molar-refractivity contribution is 6.34. The number of halogens is 1. The van der Waals surface area contributed by atoms with Crippen LogP contribution in [-0.2, 0) is 0 Å². The summed E-state index contributed by atoms with van der Waals surface area (Å²) < 4.78 is 4.95. The molecule has 11 heteroatoms. The van der Waals surface area contributed by atoms with Gasteiger partial charge in [0.15, 0.2) is 0 Å². The largest absolute Gasteiger partial charge is 0.467 e. The summed E-state index contributed by atoms with van der Waals surface area (Å²) >= 11 is 6.28. The number of carbonyl (C=O) groups is 2. The molecule has 0 aliphatic rings. The fourth-order valence-electron chi connectivity index (χ4n) is 3.50. The van der Waals surface area contributed by atoms with Crippen molar-refractivity contribution >= 4 is 51.5 Å². The molecule has 0 spiro atoms. The number of hydrogen-bond acceptors (Lipinski definition) is 7. The van der Waals surface area contributed by atoms with Crippen molar-refractivity contribution in [1.29, 1.82) is 0 Å². The van der Waals surface area contributed by atoms with Crippen LogP contribution in [0.2, 0.25) is 5.02 Å². The number of para-hydroxylation sites is 2. The molecular weight excluding hydrogens is 472 g/mol. The molecule has 35 heavy (non-hydrogen) atoms. The number of amides is 2. The minimum atomic E-state index is -0.713. The summed E-state index contributed by atoms with van der Waals surface area (Å²) in [6.45, 7) is 2.20. The number of anilines is 3. The Bertz CT molecular complexity index is 1500. The van der Waals surface area contributed by atoms with Crippen molar-refractivity contribution in [2.24, 2.45) is 0 Å². The molecule has 4 N–H and O–H groups in total. The minimum Gasteiger partial charge on any atom is -0.467 e. The minimum absolute atomic E-state index is 0.0806. The summed E-state index contributed by atoms with van der Waals surface area (Å²) in [5, 5.41) is 3.24. The van der Waals surface area contributed by atoms with E-state index in [1.165, 1.54) is 36.4 Å². The van der Waals surface area contributed by atoms with Crippen LogP contribution in [0.5, 0.6) is 6.01 Å². The predicted octanol–water partition coefficient (Wildman–Crippen LogP) is 3.48. The molecule has 0 aliphatic heterocycles. The van der Waals surface area contributed by atoms with E-state index in [-0.39, 0.29) is 39.4 Å². The van der Waals surface area contributed by atoms with Crippen molar-refractivity contribution in [3.63, 3.8) is 0 Å². The third-order valence-corrected chi connectivity index (χ3v) is 5.58. The number of carbonyl (C=O) groups excluding carboxylic acids is 2. The van der Waals surface area contributed by atoms with E-state index in [1.807, 2.05) is 6.92 Å². The second-order valence-corrected chi connectivity index (χ2v) is 7.84. The van der Waals surface area contributed by atoms with Crippen LogP contribution in [0, 0.1) is 0 Å². The molecule has 2 aromatic carbocycles. The number of nitrogens with one attached hydrogen (secondary N) is 2. The van der Waals surface area contributed by atoms with Gasteiger partial charge in [-0.05, 0) is 43.3 Å².